The summed E-state index contributed by atoms with van der Waals surface area (Å²) < 4.78 is 4.94. The minimum atomic E-state index is -0.437. The Labute approximate surface area is 251 Å². The zero-order chi connectivity index (χ0) is 24.1. The van der Waals surface area contributed by atoms with Crippen LogP contribution in [0, 0.1) is 7.43 Å². The third kappa shape index (κ3) is 15.4. The average Bonchev–Trinajstić information content (AvgIpc) is 3.44. The molecule has 1 N–H and O–H groups in total. The monoisotopic (exact) mass is 584 g/mol. The van der Waals surface area contributed by atoms with Gasteiger partial charge in [-0.3, -0.25) is 14.6 Å². The van der Waals surface area contributed by atoms with Gasteiger partial charge >= 0.3 is 23.1 Å². The van der Waals surface area contributed by atoms with Crippen LogP contribution in [0.5, 0.6) is 0 Å². The number of nitrogens with zero attached hydrogens (tertiary/aromatic N) is 2. The van der Waals surface area contributed by atoms with E-state index in [4.69, 9.17) is 4.74 Å². The normalized spacial score (nSPS) is 18.9. The van der Waals surface area contributed by atoms with Crippen molar-refractivity contribution in [3.05, 3.63) is 79.2 Å². The Hall–Kier alpha value is -0.804. The van der Waals surface area contributed by atoms with Gasteiger partial charge in [0.2, 0.25) is 0 Å². The molecule has 0 amide bonds. The number of piperidine rings is 2. The van der Waals surface area contributed by atoms with Crippen LogP contribution in [0.1, 0.15) is 56.6 Å². The molecule has 0 radical (unpaired) electrons. The minimum absolute atomic E-state index is 0. The summed E-state index contributed by atoms with van der Waals surface area (Å²) in [6.45, 7) is 9.78. The molecule has 7 heteroatoms. The fraction of sp³-hybridized carbons (Fsp3) is 0.533. The molecule has 37 heavy (non-hydrogen) atoms. The summed E-state index contributed by atoms with van der Waals surface area (Å²) in [6, 6.07) is 20.9. The number of halogens is 1. The number of ketones is 1. The molecule has 5 nitrogen and oxygen atoms in total. The molecule has 3 aliphatic rings. The molecular weight excluding hydrogens is 541 g/mol. The molecule has 0 aromatic heterocycles. The summed E-state index contributed by atoms with van der Waals surface area (Å²) in [5, 5.41) is 9.83. The number of ether oxygens (including phenoxy) is 1. The quantitative estimate of drug-likeness (QED) is 0.438. The Morgan fingerprint density at radius 1 is 0.784 bits per heavy atom. The molecule has 0 atom stereocenters. The molecular formula is C30H45BrMgN2O3. The number of rotatable bonds is 4. The Kier molecular flexibility index (Phi) is 19.7. The van der Waals surface area contributed by atoms with Crippen molar-refractivity contribution in [2.24, 2.45) is 0 Å². The standard InChI is InChI=1S/C13H19NO.C12H15NO.C4H8O.CH3.BrH.Mg/c1-13(15)7-9-14(10-8-13)11-12-5-3-2-4-6-12;14-12-6-8-13(9-7-12)10-11-4-2-1-3-5-11;1-2-4-5-3-1;;;/h2-6,15H,7-11H2,1H3;1-5H,6-10H2;1-4H2;1H3;1H;/q;;;-1;;+2/p-1. The Bertz CT molecular complexity index is 808. The summed E-state index contributed by atoms with van der Waals surface area (Å²) in [4.78, 5) is 15.8. The molecule has 3 heterocycles. The van der Waals surface area contributed by atoms with E-state index in [9.17, 15) is 9.90 Å². The van der Waals surface area contributed by atoms with E-state index in [1.54, 1.807) is 0 Å². The van der Waals surface area contributed by atoms with Crippen molar-refractivity contribution in [3.63, 3.8) is 0 Å². The first kappa shape index (κ1) is 36.2. The number of Topliss-reactive ketones (excluding diaryl/α,β-unsaturated/α-hetero) is 1. The zero-order valence-electron chi connectivity index (χ0n) is 22.9. The third-order valence-electron chi connectivity index (χ3n) is 6.67. The van der Waals surface area contributed by atoms with Crippen LogP contribution in [-0.2, 0) is 22.6 Å². The number of likely N-dealkylation sites (tertiary alicyclic amines) is 2. The Morgan fingerprint density at radius 3 is 1.57 bits per heavy atom. The molecule has 0 bridgehead atoms. The predicted octanol–water partition coefficient (Wildman–Crippen LogP) is 1.76. The average molecular weight is 586 g/mol. The van der Waals surface area contributed by atoms with E-state index in [0.717, 1.165) is 78.2 Å². The summed E-state index contributed by atoms with van der Waals surface area (Å²) in [7, 11) is 0. The first-order valence-corrected chi connectivity index (χ1v) is 12.8. The van der Waals surface area contributed by atoms with Crippen molar-refractivity contribution in [3.8, 4) is 0 Å². The number of hydrogen-bond acceptors (Lipinski definition) is 5. The molecule has 0 unspecified atom stereocenters. The van der Waals surface area contributed by atoms with Gasteiger partial charge in [0.15, 0.2) is 0 Å². The van der Waals surface area contributed by atoms with Crippen LogP contribution in [-0.4, -0.2) is 88.7 Å². The van der Waals surface area contributed by atoms with E-state index in [1.807, 2.05) is 19.1 Å². The SMILES string of the molecule is C1CCOC1.CC1(O)CCN(Cc2ccccc2)CC1.O=C1CCN(Cc2ccccc2)CC1.[Br-].[CH3-].[Mg+2]. The Balaban J connectivity index is 0.000000553. The van der Waals surface area contributed by atoms with E-state index in [-0.39, 0.29) is 47.5 Å². The second kappa shape index (κ2) is 20.1. The van der Waals surface area contributed by atoms with Crippen molar-refractivity contribution in [1.29, 1.82) is 0 Å². The molecule has 3 fully saturated rings. The summed E-state index contributed by atoms with van der Waals surface area (Å²) in [5.41, 5.74) is 2.26. The predicted molar refractivity (Wildman–Crippen MR) is 150 cm³/mol. The molecule has 5 rings (SSSR count). The van der Waals surface area contributed by atoms with Gasteiger partial charge in [0.1, 0.15) is 5.78 Å². The van der Waals surface area contributed by atoms with Gasteiger partial charge < -0.3 is 34.3 Å². The van der Waals surface area contributed by atoms with E-state index in [2.05, 4.69) is 58.3 Å². The fourth-order valence-electron chi connectivity index (χ4n) is 4.35. The molecule has 3 aliphatic heterocycles. The third-order valence-corrected chi connectivity index (χ3v) is 6.67. The maximum atomic E-state index is 11.0. The summed E-state index contributed by atoms with van der Waals surface area (Å²) in [5.74, 6) is 0.411. The molecule has 2 aromatic carbocycles. The van der Waals surface area contributed by atoms with Gasteiger partial charge in [0.25, 0.3) is 0 Å². The van der Waals surface area contributed by atoms with Crippen LogP contribution in [0.25, 0.3) is 0 Å². The van der Waals surface area contributed by atoms with Gasteiger partial charge in [-0.05, 0) is 43.7 Å². The molecule has 0 saturated carbocycles. The van der Waals surface area contributed by atoms with Crippen LogP contribution in [0.15, 0.2) is 60.7 Å². The largest absolute Gasteiger partial charge is 2.00 e. The van der Waals surface area contributed by atoms with Crippen molar-refractivity contribution >= 4 is 28.8 Å². The van der Waals surface area contributed by atoms with Crippen molar-refractivity contribution < 1.29 is 31.6 Å². The van der Waals surface area contributed by atoms with Crippen molar-refractivity contribution in [2.45, 2.75) is 64.1 Å². The van der Waals surface area contributed by atoms with Gasteiger partial charge in [-0.2, -0.15) is 0 Å². The van der Waals surface area contributed by atoms with E-state index in [0.29, 0.717) is 5.78 Å². The van der Waals surface area contributed by atoms with Crippen LogP contribution in [0.2, 0.25) is 0 Å². The van der Waals surface area contributed by atoms with Gasteiger partial charge in [-0.15, -0.1) is 0 Å². The maximum absolute atomic E-state index is 11.0. The Morgan fingerprint density at radius 2 is 1.19 bits per heavy atom. The number of carbonyl (C=O) groups excluding carboxylic acids is 1. The van der Waals surface area contributed by atoms with E-state index in [1.165, 1.54) is 24.0 Å². The van der Waals surface area contributed by atoms with E-state index < -0.39 is 5.60 Å². The fourth-order valence-corrected chi connectivity index (χ4v) is 4.35. The molecule has 202 valence electrons. The minimum Gasteiger partial charge on any atom is -1.00 e. The van der Waals surface area contributed by atoms with Gasteiger partial charge in [-0.25, -0.2) is 0 Å². The molecule has 0 spiro atoms. The summed E-state index contributed by atoms with van der Waals surface area (Å²) >= 11 is 0. The first-order valence-electron chi connectivity index (χ1n) is 12.8. The van der Waals surface area contributed by atoms with Crippen molar-refractivity contribution in [2.75, 3.05) is 39.4 Å². The van der Waals surface area contributed by atoms with Gasteiger partial charge in [0, 0.05) is 65.3 Å². The smallest absolute Gasteiger partial charge is 1.00 e. The molecule has 2 aromatic rings. The maximum Gasteiger partial charge on any atom is 2.00 e. The van der Waals surface area contributed by atoms with E-state index >= 15 is 0 Å². The zero-order valence-corrected chi connectivity index (χ0v) is 25.9. The number of carbonyl (C=O) groups is 1. The van der Waals surface area contributed by atoms with Crippen LogP contribution >= 0.6 is 0 Å². The molecule has 3 saturated heterocycles. The number of benzene rings is 2. The molecule has 0 aliphatic carbocycles. The van der Waals surface area contributed by atoms with Crippen LogP contribution in [0.4, 0.5) is 0 Å². The van der Waals surface area contributed by atoms with Crippen LogP contribution in [0.3, 0.4) is 0 Å². The first-order chi connectivity index (χ1) is 16.5. The number of hydrogen-bond donors (Lipinski definition) is 1. The topological polar surface area (TPSA) is 53.0 Å². The summed E-state index contributed by atoms with van der Waals surface area (Å²) in [6.07, 6.45) is 5.79. The second-order valence-corrected chi connectivity index (χ2v) is 9.88. The number of aliphatic hydroxyl groups is 1. The van der Waals surface area contributed by atoms with Gasteiger partial charge in [0.05, 0.1) is 5.60 Å². The van der Waals surface area contributed by atoms with Gasteiger partial charge in [-0.1, -0.05) is 60.7 Å². The van der Waals surface area contributed by atoms with Crippen LogP contribution < -0.4 is 17.0 Å². The second-order valence-electron chi connectivity index (χ2n) is 9.88. The van der Waals surface area contributed by atoms with Crippen molar-refractivity contribution in [1.82, 2.24) is 9.80 Å².